The van der Waals surface area contributed by atoms with Gasteiger partial charge in [-0.3, -0.25) is 10.3 Å². The SMILES string of the molecule is CCCOc1ccc(N=CNOC)cc1OCCC. The van der Waals surface area contributed by atoms with Gasteiger partial charge in [-0.25, -0.2) is 4.99 Å². The fourth-order valence-corrected chi connectivity index (χ4v) is 1.39. The van der Waals surface area contributed by atoms with E-state index in [0.29, 0.717) is 13.2 Å². The van der Waals surface area contributed by atoms with E-state index >= 15 is 0 Å². The molecule has 5 nitrogen and oxygen atoms in total. The van der Waals surface area contributed by atoms with Crippen LogP contribution in [0.5, 0.6) is 11.5 Å². The fraction of sp³-hybridized carbons (Fsp3) is 0.500. The summed E-state index contributed by atoms with van der Waals surface area (Å²) in [4.78, 5) is 8.87. The molecule has 0 aliphatic rings. The molecule has 1 rings (SSSR count). The molecule has 0 saturated carbocycles. The smallest absolute Gasteiger partial charge is 0.163 e. The first kappa shape index (κ1) is 15.3. The summed E-state index contributed by atoms with van der Waals surface area (Å²) in [6.45, 7) is 5.47. The molecule has 19 heavy (non-hydrogen) atoms. The van der Waals surface area contributed by atoms with Crippen molar-refractivity contribution < 1.29 is 14.3 Å². The second-order valence-corrected chi connectivity index (χ2v) is 3.91. The zero-order chi connectivity index (χ0) is 13.9. The van der Waals surface area contributed by atoms with Crippen molar-refractivity contribution in [3.8, 4) is 11.5 Å². The molecule has 0 atom stereocenters. The molecule has 1 aromatic rings. The fourth-order valence-electron chi connectivity index (χ4n) is 1.39. The monoisotopic (exact) mass is 266 g/mol. The Morgan fingerprint density at radius 1 is 1.11 bits per heavy atom. The largest absolute Gasteiger partial charge is 0.490 e. The molecule has 0 bridgehead atoms. The Hall–Kier alpha value is -1.75. The van der Waals surface area contributed by atoms with E-state index < -0.39 is 0 Å². The molecule has 5 heteroatoms. The third-order valence-electron chi connectivity index (χ3n) is 2.23. The first-order chi connectivity index (χ1) is 9.31. The summed E-state index contributed by atoms with van der Waals surface area (Å²) in [5.74, 6) is 1.48. The first-order valence-electron chi connectivity index (χ1n) is 6.52. The van der Waals surface area contributed by atoms with E-state index in [1.807, 2.05) is 18.2 Å². The Balaban J connectivity index is 2.80. The van der Waals surface area contributed by atoms with Gasteiger partial charge < -0.3 is 9.47 Å². The highest BCUT2D eigenvalue weighted by atomic mass is 16.6. The standard InChI is InChI=1S/C14H22N2O3/c1-4-8-18-13-7-6-12(15-11-16-17-3)10-14(13)19-9-5-2/h6-7,10-11H,4-5,8-9H2,1-3H3,(H,15,16). The highest BCUT2D eigenvalue weighted by Crippen LogP contribution is 2.31. The molecule has 0 aromatic heterocycles. The van der Waals surface area contributed by atoms with Crippen LogP contribution in [0.2, 0.25) is 0 Å². The zero-order valence-electron chi connectivity index (χ0n) is 11.8. The normalized spacial score (nSPS) is 10.7. The Bertz CT molecular complexity index is 394. The van der Waals surface area contributed by atoms with Crippen LogP contribution in [0.15, 0.2) is 23.2 Å². The van der Waals surface area contributed by atoms with Gasteiger partial charge in [-0.2, -0.15) is 0 Å². The molecular weight excluding hydrogens is 244 g/mol. The van der Waals surface area contributed by atoms with Crippen LogP contribution in [0, 0.1) is 0 Å². The average Bonchev–Trinajstić information content (AvgIpc) is 2.44. The van der Waals surface area contributed by atoms with Crippen molar-refractivity contribution in [2.24, 2.45) is 4.99 Å². The third-order valence-corrected chi connectivity index (χ3v) is 2.23. The quantitative estimate of drug-likeness (QED) is 0.424. The molecule has 0 radical (unpaired) electrons. The molecule has 0 aliphatic heterocycles. The predicted molar refractivity (Wildman–Crippen MR) is 76.3 cm³/mol. The lowest BCUT2D eigenvalue weighted by atomic mass is 10.3. The van der Waals surface area contributed by atoms with E-state index in [1.165, 1.54) is 13.4 Å². The number of hydroxylamine groups is 1. The second-order valence-electron chi connectivity index (χ2n) is 3.91. The maximum absolute atomic E-state index is 5.68. The molecule has 0 heterocycles. The van der Waals surface area contributed by atoms with Gasteiger partial charge in [-0.05, 0) is 25.0 Å². The summed E-state index contributed by atoms with van der Waals surface area (Å²) < 4.78 is 11.3. The number of ether oxygens (including phenoxy) is 2. The van der Waals surface area contributed by atoms with Gasteiger partial charge in [0.25, 0.3) is 0 Å². The van der Waals surface area contributed by atoms with Gasteiger partial charge in [0.15, 0.2) is 11.5 Å². The number of rotatable bonds is 9. The summed E-state index contributed by atoms with van der Waals surface area (Å²) >= 11 is 0. The number of benzene rings is 1. The minimum atomic E-state index is 0.659. The van der Waals surface area contributed by atoms with Gasteiger partial charge in [0, 0.05) is 6.07 Å². The number of nitrogens with one attached hydrogen (secondary N) is 1. The maximum Gasteiger partial charge on any atom is 0.163 e. The molecule has 106 valence electrons. The van der Waals surface area contributed by atoms with Crippen molar-refractivity contribution in [1.82, 2.24) is 5.48 Å². The van der Waals surface area contributed by atoms with E-state index in [1.54, 1.807) is 0 Å². The van der Waals surface area contributed by atoms with E-state index in [4.69, 9.17) is 9.47 Å². The molecule has 1 N–H and O–H groups in total. The Morgan fingerprint density at radius 2 is 1.79 bits per heavy atom. The number of hydrogen-bond donors (Lipinski definition) is 1. The average molecular weight is 266 g/mol. The van der Waals surface area contributed by atoms with Crippen molar-refractivity contribution in [3.63, 3.8) is 0 Å². The van der Waals surface area contributed by atoms with Crippen LogP contribution < -0.4 is 15.0 Å². The Kier molecular flexibility index (Phi) is 7.43. The lowest BCUT2D eigenvalue weighted by molar-refractivity contribution is 0.148. The predicted octanol–water partition coefficient (Wildman–Crippen LogP) is 3.08. The molecular formula is C14H22N2O3. The molecule has 0 amide bonds. The van der Waals surface area contributed by atoms with Crippen LogP contribution in [-0.4, -0.2) is 26.7 Å². The molecule has 0 spiro atoms. The topological polar surface area (TPSA) is 52.1 Å². The summed E-state index contributed by atoms with van der Waals surface area (Å²) in [5.41, 5.74) is 3.32. The van der Waals surface area contributed by atoms with Crippen LogP contribution in [0.4, 0.5) is 5.69 Å². The van der Waals surface area contributed by atoms with Crippen LogP contribution in [-0.2, 0) is 4.84 Å². The molecule has 0 fully saturated rings. The minimum Gasteiger partial charge on any atom is -0.490 e. The minimum absolute atomic E-state index is 0.659. The van der Waals surface area contributed by atoms with Gasteiger partial charge in [-0.15, -0.1) is 0 Å². The first-order valence-corrected chi connectivity index (χ1v) is 6.52. The van der Waals surface area contributed by atoms with Crippen LogP contribution in [0.25, 0.3) is 0 Å². The van der Waals surface area contributed by atoms with Crippen LogP contribution >= 0.6 is 0 Å². The van der Waals surface area contributed by atoms with E-state index in [0.717, 1.165) is 30.0 Å². The molecule has 0 unspecified atom stereocenters. The Morgan fingerprint density at radius 3 is 2.42 bits per heavy atom. The lowest BCUT2D eigenvalue weighted by Crippen LogP contribution is -2.07. The van der Waals surface area contributed by atoms with E-state index in [2.05, 4.69) is 29.2 Å². The van der Waals surface area contributed by atoms with Crippen molar-refractivity contribution in [3.05, 3.63) is 18.2 Å². The molecule has 0 saturated heterocycles. The highest BCUT2D eigenvalue weighted by molar-refractivity contribution is 5.62. The van der Waals surface area contributed by atoms with Crippen molar-refractivity contribution in [1.29, 1.82) is 0 Å². The number of aliphatic imine (C=N–C) groups is 1. The van der Waals surface area contributed by atoms with E-state index in [9.17, 15) is 0 Å². The highest BCUT2D eigenvalue weighted by Gasteiger charge is 2.06. The zero-order valence-corrected chi connectivity index (χ0v) is 11.8. The van der Waals surface area contributed by atoms with Gasteiger partial charge in [-0.1, -0.05) is 13.8 Å². The van der Waals surface area contributed by atoms with E-state index in [-0.39, 0.29) is 0 Å². The second kappa shape index (κ2) is 9.22. The van der Waals surface area contributed by atoms with Crippen molar-refractivity contribution in [2.75, 3.05) is 20.3 Å². The van der Waals surface area contributed by atoms with Gasteiger partial charge >= 0.3 is 0 Å². The van der Waals surface area contributed by atoms with Crippen LogP contribution in [0.1, 0.15) is 26.7 Å². The van der Waals surface area contributed by atoms with Crippen LogP contribution in [0.3, 0.4) is 0 Å². The number of hydrogen-bond acceptors (Lipinski definition) is 4. The summed E-state index contributed by atoms with van der Waals surface area (Å²) in [5, 5.41) is 0. The molecule has 1 aromatic carbocycles. The number of nitrogens with zero attached hydrogens (tertiary/aromatic N) is 1. The maximum atomic E-state index is 5.68. The van der Waals surface area contributed by atoms with Crippen molar-refractivity contribution >= 4 is 12.0 Å². The van der Waals surface area contributed by atoms with Gasteiger partial charge in [0.05, 0.1) is 26.0 Å². The molecule has 0 aliphatic carbocycles. The third kappa shape index (κ3) is 5.61. The van der Waals surface area contributed by atoms with Gasteiger partial charge in [0.1, 0.15) is 6.34 Å². The lowest BCUT2D eigenvalue weighted by Gasteiger charge is -2.12. The van der Waals surface area contributed by atoms with Crippen molar-refractivity contribution in [2.45, 2.75) is 26.7 Å². The summed E-state index contributed by atoms with van der Waals surface area (Å²) in [6, 6.07) is 5.60. The van der Waals surface area contributed by atoms with Gasteiger partial charge in [0.2, 0.25) is 0 Å². The summed E-state index contributed by atoms with van der Waals surface area (Å²) in [6.07, 6.45) is 3.39. The summed E-state index contributed by atoms with van der Waals surface area (Å²) in [7, 11) is 1.53. The Labute approximate surface area is 114 Å².